The molecular formula is C10H9N3. The Morgan fingerprint density at radius 3 is 3.15 bits per heavy atom. The van der Waals surface area contributed by atoms with Crippen molar-refractivity contribution in [2.75, 3.05) is 11.9 Å². The van der Waals surface area contributed by atoms with Crippen LogP contribution in [0, 0.1) is 16.7 Å². The maximum absolute atomic E-state index is 8.62. The van der Waals surface area contributed by atoms with E-state index < -0.39 is 0 Å². The highest BCUT2D eigenvalue weighted by Crippen LogP contribution is 2.26. The predicted octanol–water partition coefficient (Wildman–Crippen LogP) is 1.55. The molecule has 0 atom stereocenters. The van der Waals surface area contributed by atoms with E-state index in [1.165, 1.54) is 5.56 Å². The molecule has 3 heteroatoms. The molecule has 2 rings (SSSR count). The topological polar surface area (TPSA) is 59.7 Å². The second-order valence-electron chi connectivity index (χ2n) is 3.00. The SMILES string of the molecule is N#CC(=N)c1cccc2c1NCC2. The second kappa shape index (κ2) is 2.91. The van der Waals surface area contributed by atoms with Gasteiger partial charge in [0, 0.05) is 17.8 Å². The quantitative estimate of drug-likeness (QED) is 0.630. The van der Waals surface area contributed by atoms with Crippen LogP contribution in [0.4, 0.5) is 5.69 Å². The third-order valence-corrected chi connectivity index (χ3v) is 2.23. The lowest BCUT2D eigenvalue weighted by Crippen LogP contribution is -2.00. The van der Waals surface area contributed by atoms with E-state index in [2.05, 4.69) is 5.32 Å². The molecule has 0 unspecified atom stereocenters. The fourth-order valence-corrected chi connectivity index (χ4v) is 1.61. The van der Waals surface area contributed by atoms with Gasteiger partial charge in [-0.3, -0.25) is 5.41 Å². The van der Waals surface area contributed by atoms with Crippen molar-refractivity contribution in [3.8, 4) is 6.07 Å². The molecule has 1 aliphatic rings. The highest BCUT2D eigenvalue weighted by molar-refractivity contribution is 6.13. The third-order valence-electron chi connectivity index (χ3n) is 2.23. The van der Waals surface area contributed by atoms with Gasteiger partial charge in [-0.15, -0.1) is 0 Å². The number of nitrogens with one attached hydrogen (secondary N) is 2. The molecule has 0 radical (unpaired) electrons. The molecule has 0 aliphatic carbocycles. The third kappa shape index (κ3) is 1.17. The summed E-state index contributed by atoms with van der Waals surface area (Å²) in [5.74, 6) is 0. The summed E-state index contributed by atoms with van der Waals surface area (Å²) >= 11 is 0. The van der Waals surface area contributed by atoms with Gasteiger partial charge in [-0.2, -0.15) is 5.26 Å². The summed E-state index contributed by atoms with van der Waals surface area (Å²) in [6, 6.07) is 7.59. The Morgan fingerprint density at radius 1 is 1.54 bits per heavy atom. The highest BCUT2D eigenvalue weighted by atomic mass is 14.9. The van der Waals surface area contributed by atoms with Crippen LogP contribution < -0.4 is 5.32 Å². The maximum atomic E-state index is 8.62. The molecule has 0 spiro atoms. The molecule has 1 aliphatic heterocycles. The monoisotopic (exact) mass is 171 g/mol. The number of fused-ring (bicyclic) bond motifs is 1. The number of hydrogen-bond donors (Lipinski definition) is 2. The largest absolute Gasteiger partial charge is 0.384 e. The molecule has 0 fully saturated rings. The van der Waals surface area contributed by atoms with Crippen LogP contribution in [0.15, 0.2) is 18.2 Å². The molecule has 1 aromatic carbocycles. The van der Waals surface area contributed by atoms with Crippen LogP contribution in [0.2, 0.25) is 0 Å². The zero-order valence-corrected chi connectivity index (χ0v) is 7.09. The van der Waals surface area contributed by atoms with Crippen molar-refractivity contribution in [3.63, 3.8) is 0 Å². The van der Waals surface area contributed by atoms with E-state index >= 15 is 0 Å². The van der Waals surface area contributed by atoms with Gasteiger partial charge in [0.05, 0.1) is 0 Å². The summed E-state index contributed by atoms with van der Waals surface area (Å²) in [6.07, 6.45) is 0.988. The second-order valence-corrected chi connectivity index (χ2v) is 3.00. The smallest absolute Gasteiger partial charge is 0.141 e. The van der Waals surface area contributed by atoms with E-state index in [-0.39, 0.29) is 5.71 Å². The first-order valence-corrected chi connectivity index (χ1v) is 4.17. The van der Waals surface area contributed by atoms with Gasteiger partial charge < -0.3 is 5.32 Å². The number of nitriles is 1. The van der Waals surface area contributed by atoms with E-state index in [4.69, 9.17) is 10.7 Å². The Balaban J connectivity index is 2.55. The Hall–Kier alpha value is -1.82. The number of anilines is 1. The molecule has 3 nitrogen and oxygen atoms in total. The van der Waals surface area contributed by atoms with Crippen molar-refractivity contribution < 1.29 is 0 Å². The minimum atomic E-state index is 0.0336. The zero-order chi connectivity index (χ0) is 9.26. The first kappa shape index (κ1) is 7.81. The molecule has 0 bridgehead atoms. The van der Waals surface area contributed by atoms with Crippen molar-refractivity contribution in [2.45, 2.75) is 6.42 Å². The molecule has 13 heavy (non-hydrogen) atoms. The maximum Gasteiger partial charge on any atom is 0.141 e. The van der Waals surface area contributed by atoms with Crippen LogP contribution in [-0.4, -0.2) is 12.3 Å². The van der Waals surface area contributed by atoms with Crippen molar-refractivity contribution in [1.82, 2.24) is 0 Å². The van der Waals surface area contributed by atoms with Crippen LogP contribution in [-0.2, 0) is 6.42 Å². The lowest BCUT2D eigenvalue weighted by Gasteiger charge is -2.04. The summed E-state index contributed by atoms with van der Waals surface area (Å²) in [4.78, 5) is 0. The summed E-state index contributed by atoms with van der Waals surface area (Å²) in [5.41, 5.74) is 2.93. The van der Waals surface area contributed by atoms with E-state index in [1.54, 1.807) is 0 Å². The minimum absolute atomic E-state index is 0.0336. The molecule has 2 N–H and O–H groups in total. The lowest BCUT2D eigenvalue weighted by molar-refractivity contribution is 1.11. The summed E-state index contributed by atoms with van der Waals surface area (Å²) in [7, 11) is 0. The highest BCUT2D eigenvalue weighted by Gasteiger charge is 2.15. The zero-order valence-electron chi connectivity index (χ0n) is 7.09. The Kier molecular flexibility index (Phi) is 1.75. The van der Waals surface area contributed by atoms with Crippen molar-refractivity contribution >= 4 is 11.4 Å². The van der Waals surface area contributed by atoms with Gasteiger partial charge in [-0.1, -0.05) is 12.1 Å². The average molecular weight is 171 g/mol. The summed E-state index contributed by atoms with van der Waals surface area (Å²) < 4.78 is 0. The fourth-order valence-electron chi connectivity index (χ4n) is 1.61. The minimum Gasteiger partial charge on any atom is -0.384 e. The summed E-state index contributed by atoms with van der Waals surface area (Å²) in [5, 5.41) is 19.3. The van der Waals surface area contributed by atoms with Gasteiger partial charge in [-0.25, -0.2) is 0 Å². The van der Waals surface area contributed by atoms with Crippen LogP contribution in [0.3, 0.4) is 0 Å². The Morgan fingerprint density at radius 2 is 2.38 bits per heavy atom. The molecule has 1 aromatic rings. The normalized spacial score (nSPS) is 12.8. The molecule has 0 saturated carbocycles. The van der Waals surface area contributed by atoms with Crippen LogP contribution in [0.25, 0.3) is 0 Å². The molecule has 0 saturated heterocycles. The molecule has 1 heterocycles. The van der Waals surface area contributed by atoms with Crippen molar-refractivity contribution in [3.05, 3.63) is 29.3 Å². The van der Waals surface area contributed by atoms with E-state index in [0.717, 1.165) is 24.2 Å². The summed E-state index contributed by atoms with van der Waals surface area (Å²) in [6.45, 7) is 0.908. The standard InChI is InChI=1S/C10H9N3/c11-6-9(12)8-3-1-2-7-4-5-13-10(7)8/h1-3,12-13H,4-5H2. The Labute approximate surface area is 76.5 Å². The number of para-hydroxylation sites is 1. The average Bonchev–Trinajstić information content (AvgIpc) is 2.63. The lowest BCUT2D eigenvalue weighted by atomic mass is 10.0. The van der Waals surface area contributed by atoms with E-state index in [1.807, 2.05) is 24.3 Å². The molecular weight excluding hydrogens is 162 g/mol. The van der Waals surface area contributed by atoms with Gasteiger partial charge in [0.2, 0.25) is 0 Å². The van der Waals surface area contributed by atoms with Gasteiger partial charge in [0.15, 0.2) is 0 Å². The molecule has 0 amide bonds. The van der Waals surface area contributed by atoms with Crippen LogP contribution in [0.1, 0.15) is 11.1 Å². The number of rotatable bonds is 1. The first-order valence-electron chi connectivity index (χ1n) is 4.17. The van der Waals surface area contributed by atoms with Crippen molar-refractivity contribution in [1.29, 1.82) is 10.7 Å². The van der Waals surface area contributed by atoms with Gasteiger partial charge in [0.1, 0.15) is 11.8 Å². The number of nitrogens with zero attached hydrogens (tertiary/aromatic N) is 1. The number of hydrogen-bond acceptors (Lipinski definition) is 3. The van der Waals surface area contributed by atoms with Crippen LogP contribution >= 0.6 is 0 Å². The van der Waals surface area contributed by atoms with Gasteiger partial charge in [-0.05, 0) is 18.1 Å². The van der Waals surface area contributed by atoms with Crippen molar-refractivity contribution in [2.24, 2.45) is 0 Å². The fraction of sp³-hybridized carbons (Fsp3) is 0.200. The number of benzene rings is 1. The van der Waals surface area contributed by atoms with E-state index in [0.29, 0.717) is 0 Å². The van der Waals surface area contributed by atoms with Crippen LogP contribution in [0.5, 0.6) is 0 Å². The van der Waals surface area contributed by atoms with Gasteiger partial charge >= 0.3 is 0 Å². The van der Waals surface area contributed by atoms with Gasteiger partial charge in [0.25, 0.3) is 0 Å². The Bertz CT molecular complexity index is 401. The predicted molar refractivity (Wildman–Crippen MR) is 51.1 cm³/mol. The first-order chi connectivity index (χ1) is 6.33. The van der Waals surface area contributed by atoms with E-state index in [9.17, 15) is 0 Å². The molecule has 64 valence electrons. The molecule has 0 aromatic heterocycles.